The van der Waals surface area contributed by atoms with Gasteiger partial charge >= 0.3 is 6.03 Å². The zero-order valence-electron chi connectivity index (χ0n) is 20.3. The molecule has 2 aromatic heterocycles. The zero-order valence-corrected chi connectivity index (χ0v) is 20.3. The van der Waals surface area contributed by atoms with Crippen molar-refractivity contribution in [3.63, 3.8) is 0 Å². The lowest BCUT2D eigenvalue weighted by molar-refractivity contribution is 0.159. The highest BCUT2D eigenvalue weighted by atomic mass is 19.1. The van der Waals surface area contributed by atoms with E-state index in [1.54, 1.807) is 6.07 Å². The maximum Gasteiger partial charge on any atom is 0.317 e. The molecule has 36 heavy (non-hydrogen) atoms. The predicted octanol–water partition coefficient (Wildman–Crippen LogP) is 4.40. The molecule has 2 aliphatic rings. The standard InChI is InChI=1S/C27H29FN6O2/c1-17-29-24-9-8-18(13-25(24)36-17)26-21-16-34(12-10-23(21)31-32-26)27(35)30-20-6-4-11-33(15-20)14-19-5-2-3-7-22(19)28/h2-3,5,7-9,13,20H,4,6,10-12,14-16H2,1H3,(H,30,35)(H,31,32)/t20-/m1/s1. The Bertz CT molecular complexity index is 1410. The van der Waals surface area contributed by atoms with Crippen LogP contribution >= 0.6 is 0 Å². The van der Waals surface area contributed by atoms with Crippen LogP contribution in [0.4, 0.5) is 9.18 Å². The first-order valence-electron chi connectivity index (χ1n) is 12.5. The van der Waals surface area contributed by atoms with Gasteiger partial charge in [-0.3, -0.25) is 10.00 Å². The molecule has 0 radical (unpaired) electrons. The number of H-pyrrole nitrogens is 1. The number of nitrogens with zero attached hydrogens (tertiary/aromatic N) is 4. The normalized spacial score (nSPS) is 18.4. The molecule has 2 amide bonds. The van der Waals surface area contributed by atoms with E-state index in [4.69, 9.17) is 4.42 Å². The summed E-state index contributed by atoms with van der Waals surface area (Å²) in [6, 6.07) is 12.8. The van der Waals surface area contributed by atoms with Crippen molar-refractivity contribution in [2.24, 2.45) is 0 Å². The van der Waals surface area contributed by atoms with Gasteiger partial charge in [0.25, 0.3) is 0 Å². The van der Waals surface area contributed by atoms with Crippen LogP contribution in [0.25, 0.3) is 22.4 Å². The Kier molecular flexibility index (Phi) is 5.92. The third kappa shape index (κ3) is 4.46. The number of carbonyl (C=O) groups excluding carboxylic acids is 1. The summed E-state index contributed by atoms with van der Waals surface area (Å²) in [4.78, 5) is 21.7. The number of halogens is 1. The molecule has 0 spiro atoms. The number of rotatable bonds is 4. The SMILES string of the molecule is Cc1nc2ccc(-c3n[nH]c4c3CN(C(=O)N[C@@H]3CCCN(Cc5ccccc5F)C3)CC4)cc2o1. The van der Waals surface area contributed by atoms with Gasteiger partial charge in [0.1, 0.15) is 11.3 Å². The highest BCUT2D eigenvalue weighted by molar-refractivity contribution is 5.81. The fraction of sp³-hybridized carbons (Fsp3) is 0.370. The van der Waals surface area contributed by atoms with E-state index in [1.807, 2.05) is 42.2 Å². The molecule has 1 saturated heterocycles. The van der Waals surface area contributed by atoms with Gasteiger partial charge in [0, 0.05) is 61.4 Å². The first-order chi connectivity index (χ1) is 17.5. The number of piperidine rings is 1. The number of aromatic amines is 1. The summed E-state index contributed by atoms with van der Waals surface area (Å²) in [6.07, 6.45) is 2.62. The second kappa shape index (κ2) is 9.39. The van der Waals surface area contributed by atoms with E-state index in [0.29, 0.717) is 37.6 Å². The van der Waals surface area contributed by atoms with Crippen LogP contribution in [0.5, 0.6) is 0 Å². The number of aromatic nitrogens is 3. The Morgan fingerprint density at radius 3 is 3.03 bits per heavy atom. The Morgan fingerprint density at radius 1 is 1.25 bits per heavy atom. The summed E-state index contributed by atoms with van der Waals surface area (Å²) in [5.74, 6) is 0.450. The molecule has 0 bridgehead atoms. The van der Waals surface area contributed by atoms with Crippen molar-refractivity contribution in [1.82, 2.24) is 30.3 Å². The van der Waals surface area contributed by atoms with Crippen molar-refractivity contribution >= 4 is 17.1 Å². The minimum absolute atomic E-state index is 0.0420. The van der Waals surface area contributed by atoms with Gasteiger partial charge in [-0.15, -0.1) is 0 Å². The minimum Gasteiger partial charge on any atom is -0.441 e. The summed E-state index contributed by atoms with van der Waals surface area (Å²) >= 11 is 0. The highest BCUT2D eigenvalue weighted by Gasteiger charge is 2.29. The molecule has 9 heteroatoms. The molecule has 1 atom stereocenters. The van der Waals surface area contributed by atoms with Gasteiger partial charge in [-0.05, 0) is 37.6 Å². The summed E-state index contributed by atoms with van der Waals surface area (Å²) in [6.45, 7) is 5.13. The Morgan fingerprint density at radius 2 is 2.14 bits per heavy atom. The monoisotopic (exact) mass is 488 g/mol. The molecular formula is C27H29FN6O2. The van der Waals surface area contributed by atoms with Crippen molar-refractivity contribution in [3.05, 3.63) is 71.0 Å². The molecule has 0 aliphatic carbocycles. The van der Waals surface area contributed by atoms with E-state index in [0.717, 1.165) is 59.4 Å². The Balaban J connectivity index is 1.12. The summed E-state index contributed by atoms with van der Waals surface area (Å²) < 4.78 is 19.8. The van der Waals surface area contributed by atoms with E-state index < -0.39 is 0 Å². The smallest absolute Gasteiger partial charge is 0.317 e. The number of fused-ring (bicyclic) bond motifs is 2. The second-order valence-electron chi connectivity index (χ2n) is 9.73. The molecule has 2 aromatic carbocycles. The van der Waals surface area contributed by atoms with E-state index in [9.17, 15) is 9.18 Å². The van der Waals surface area contributed by atoms with Crippen molar-refractivity contribution in [1.29, 1.82) is 0 Å². The van der Waals surface area contributed by atoms with Gasteiger partial charge in [0.15, 0.2) is 11.5 Å². The molecular weight excluding hydrogens is 459 g/mol. The van der Waals surface area contributed by atoms with Gasteiger partial charge in [0.05, 0.1) is 12.2 Å². The van der Waals surface area contributed by atoms with Crippen LogP contribution in [-0.4, -0.2) is 56.7 Å². The highest BCUT2D eigenvalue weighted by Crippen LogP contribution is 2.31. The number of amides is 2. The third-order valence-corrected chi connectivity index (χ3v) is 7.17. The summed E-state index contributed by atoms with van der Waals surface area (Å²) in [5, 5.41) is 11.0. The van der Waals surface area contributed by atoms with Crippen molar-refractivity contribution in [2.75, 3.05) is 19.6 Å². The van der Waals surface area contributed by atoms with E-state index in [1.165, 1.54) is 6.07 Å². The Hall–Kier alpha value is -3.72. The van der Waals surface area contributed by atoms with Gasteiger partial charge in [0.2, 0.25) is 0 Å². The number of urea groups is 1. The fourth-order valence-electron chi connectivity index (χ4n) is 5.34. The van der Waals surface area contributed by atoms with Crippen LogP contribution in [0, 0.1) is 12.7 Å². The van der Waals surface area contributed by atoms with E-state index >= 15 is 0 Å². The van der Waals surface area contributed by atoms with Crippen molar-refractivity contribution in [2.45, 2.75) is 45.3 Å². The van der Waals surface area contributed by atoms with Gasteiger partial charge in [-0.1, -0.05) is 24.3 Å². The first kappa shape index (κ1) is 22.7. The number of hydrogen-bond acceptors (Lipinski definition) is 5. The van der Waals surface area contributed by atoms with Crippen LogP contribution in [0.1, 0.15) is 35.6 Å². The lowest BCUT2D eigenvalue weighted by Crippen LogP contribution is -2.52. The fourth-order valence-corrected chi connectivity index (χ4v) is 5.34. The van der Waals surface area contributed by atoms with Gasteiger partial charge in [-0.2, -0.15) is 5.10 Å². The molecule has 4 heterocycles. The summed E-state index contributed by atoms with van der Waals surface area (Å²) in [7, 11) is 0. The molecule has 8 nitrogen and oxygen atoms in total. The molecule has 4 aromatic rings. The third-order valence-electron chi connectivity index (χ3n) is 7.17. The number of aryl methyl sites for hydroxylation is 1. The quantitative estimate of drug-likeness (QED) is 0.445. The van der Waals surface area contributed by atoms with E-state index in [-0.39, 0.29) is 17.9 Å². The molecule has 6 rings (SSSR count). The van der Waals surface area contributed by atoms with Crippen molar-refractivity contribution < 1.29 is 13.6 Å². The summed E-state index contributed by atoms with van der Waals surface area (Å²) in [5.41, 5.74) is 6.12. The lowest BCUT2D eigenvalue weighted by atomic mass is 10.0. The molecule has 1 fully saturated rings. The molecule has 2 N–H and O–H groups in total. The average molecular weight is 489 g/mol. The van der Waals surface area contributed by atoms with Gasteiger partial charge < -0.3 is 14.6 Å². The number of nitrogens with one attached hydrogen (secondary N) is 2. The van der Waals surface area contributed by atoms with Crippen LogP contribution in [0.2, 0.25) is 0 Å². The van der Waals surface area contributed by atoms with Crippen LogP contribution in [0.3, 0.4) is 0 Å². The number of hydrogen-bond donors (Lipinski definition) is 2. The number of oxazole rings is 1. The number of carbonyl (C=O) groups is 1. The average Bonchev–Trinajstić information content (AvgIpc) is 3.47. The van der Waals surface area contributed by atoms with E-state index in [2.05, 4.69) is 25.4 Å². The van der Waals surface area contributed by atoms with Gasteiger partial charge in [-0.25, -0.2) is 14.2 Å². The Labute approximate surface area is 208 Å². The number of benzene rings is 2. The topological polar surface area (TPSA) is 90.3 Å². The minimum atomic E-state index is -0.179. The van der Waals surface area contributed by atoms with Crippen molar-refractivity contribution in [3.8, 4) is 11.3 Å². The maximum atomic E-state index is 14.1. The van der Waals surface area contributed by atoms with Crippen LogP contribution < -0.4 is 5.32 Å². The lowest BCUT2D eigenvalue weighted by Gasteiger charge is -2.35. The molecule has 2 aliphatic heterocycles. The predicted molar refractivity (Wildman–Crippen MR) is 134 cm³/mol. The van der Waals surface area contributed by atoms with Crippen LogP contribution in [0.15, 0.2) is 46.9 Å². The zero-order chi connectivity index (χ0) is 24.6. The van der Waals surface area contributed by atoms with Crippen LogP contribution in [-0.2, 0) is 19.5 Å². The largest absolute Gasteiger partial charge is 0.441 e. The molecule has 0 saturated carbocycles. The molecule has 0 unspecified atom stereocenters. The second-order valence-corrected chi connectivity index (χ2v) is 9.73. The first-order valence-corrected chi connectivity index (χ1v) is 12.5. The maximum absolute atomic E-state index is 14.1. The molecule has 186 valence electrons. The number of likely N-dealkylation sites (tertiary alicyclic amines) is 1.